The number of hydrogen-bond donors (Lipinski definition) is 0. The van der Waals surface area contributed by atoms with Crippen molar-refractivity contribution in [3.05, 3.63) is 17.8 Å². The van der Waals surface area contributed by atoms with Gasteiger partial charge in [-0.1, -0.05) is 0 Å². The lowest BCUT2D eigenvalue weighted by Crippen LogP contribution is -2.28. The molecule has 106 valence electrons. The van der Waals surface area contributed by atoms with Crippen molar-refractivity contribution in [1.82, 2.24) is 4.98 Å². The molecule has 1 heterocycles. The Bertz CT molecular complexity index is 569. The zero-order valence-electron chi connectivity index (χ0n) is 10.8. The third-order valence-electron chi connectivity index (χ3n) is 3.31. The van der Waals surface area contributed by atoms with Crippen LogP contribution in [0.15, 0.2) is 12.1 Å². The fourth-order valence-corrected chi connectivity index (χ4v) is 3.89. The Morgan fingerprint density at radius 3 is 2.58 bits per heavy atom. The molecule has 1 aliphatic rings. The van der Waals surface area contributed by atoms with Crippen LogP contribution in [-0.4, -0.2) is 31.1 Å². The van der Waals surface area contributed by atoms with Crippen molar-refractivity contribution in [1.29, 1.82) is 0 Å². The summed E-state index contributed by atoms with van der Waals surface area (Å²) in [5.74, 6) is 0.966. The van der Waals surface area contributed by atoms with Crippen LogP contribution >= 0.6 is 11.6 Å². The minimum atomic E-state index is -3.67. The molecule has 0 N–H and O–H groups in total. The predicted octanol–water partition coefficient (Wildman–Crippen LogP) is 2.27. The predicted molar refractivity (Wildman–Crippen MR) is 72.4 cm³/mol. The smallest absolute Gasteiger partial charge is 0.315 e. The molecule has 1 fully saturated rings. The summed E-state index contributed by atoms with van der Waals surface area (Å²) < 4.78 is 33.8. The summed E-state index contributed by atoms with van der Waals surface area (Å²) in [6.45, 7) is 1.68. The van der Waals surface area contributed by atoms with E-state index in [1.807, 2.05) is 0 Å². The van der Waals surface area contributed by atoms with Gasteiger partial charge < -0.3 is 8.92 Å². The second kappa shape index (κ2) is 5.17. The molecule has 1 aliphatic carbocycles. The normalized spacial score (nSPS) is 17.0. The third-order valence-corrected chi connectivity index (χ3v) is 5.57. The number of pyridine rings is 1. The third kappa shape index (κ3) is 2.79. The monoisotopic (exact) mass is 305 g/mol. The van der Waals surface area contributed by atoms with Crippen molar-refractivity contribution in [3.63, 3.8) is 0 Å². The van der Waals surface area contributed by atoms with Crippen LogP contribution in [0.1, 0.15) is 25.0 Å². The Hall–Kier alpha value is -1.01. The van der Waals surface area contributed by atoms with Gasteiger partial charge in [0, 0.05) is 11.9 Å². The van der Waals surface area contributed by atoms with E-state index in [1.165, 1.54) is 7.11 Å². The first-order valence-corrected chi connectivity index (χ1v) is 7.90. The van der Waals surface area contributed by atoms with E-state index in [1.54, 1.807) is 19.1 Å². The zero-order valence-corrected chi connectivity index (χ0v) is 12.4. The van der Waals surface area contributed by atoms with Crippen molar-refractivity contribution >= 4 is 21.7 Å². The molecule has 0 radical (unpaired) electrons. The molecule has 0 aromatic carbocycles. The van der Waals surface area contributed by atoms with Gasteiger partial charge in [0.2, 0.25) is 5.88 Å². The Balaban J connectivity index is 2.21. The molecular weight excluding hydrogens is 290 g/mol. The molecule has 1 aromatic rings. The molecule has 1 aromatic heterocycles. The molecule has 1 saturated carbocycles. The Morgan fingerprint density at radius 2 is 2.11 bits per heavy atom. The molecule has 2 rings (SSSR count). The maximum absolute atomic E-state index is 12.2. The van der Waals surface area contributed by atoms with E-state index in [2.05, 4.69) is 4.98 Å². The van der Waals surface area contributed by atoms with Gasteiger partial charge in [0.1, 0.15) is 4.75 Å². The van der Waals surface area contributed by atoms with E-state index >= 15 is 0 Å². The van der Waals surface area contributed by atoms with Crippen molar-refractivity contribution in [3.8, 4) is 11.6 Å². The molecule has 0 aliphatic heterocycles. The number of rotatable bonds is 6. The molecule has 0 bridgehead atoms. The fraction of sp³-hybridized carbons (Fsp3) is 0.583. The van der Waals surface area contributed by atoms with Crippen molar-refractivity contribution in [2.45, 2.75) is 30.9 Å². The van der Waals surface area contributed by atoms with E-state index in [0.717, 1.165) is 0 Å². The number of nitrogens with zero attached hydrogens (tertiary/aromatic N) is 1. The van der Waals surface area contributed by atoms with Crippen molar-refractivity contribution < 1.29 is 17.3 Å². The number of alkyl halides is 1. The number of methoxy groups -OCH3 is 1. The molecule has 19 heavy (non-hydrogen) atoms. The van der Waals surface area contributed by atoms with Gasteiger partial charge in [-0.15, -0.1) is 11.6 Å². The maximum Gasteiger partial charge on any atom is 0.315 e. The number of hydrogen-bond acceptors (Lipinski definition) is 5. The van der Waals surface area contributed by atoms with Crippen LogP contribution < -0.4 is 8.92 Å². The van der Waals surface area contributed by atoms with Crippen LogP contribution in [0.4, 0.5) is 0 Å². The van der Waals surface area contributed by atoms with Gasteiger partial charge in [-0.05, 0) is 32.3 Å². The molecule has 7 heteroatoms. The first-order chi connectivity index (χ1) is 8.94. The van der Waals surface area contributed by atoms with Crippen LogP contribution in [0.25, 0.3) is 0 Å². The van der Waals surface area contributed by atoms with Crippen LogP contribution in [0, 0.1) is 6.92 Å². The minimum absolute atomic E-state index is 0.238. The Labute approximate surface area is 118 Å². The van der Waals surface area contributed by atoms with E-state index in [4.69, 9.17) is 20.5 Å². The van der Waals surface area contributed by atoms with Crippen molar-refractivity contribution in [2.24, 2.45) is 0 Å². The standard InChI is InChI=1S/C12H16ClNO4S/c1-9-10(3-4-11(14-9)17-2)18-19(15,16)12(5-6-12)7-8-13/h3-4H,5-8H2,1-2H3. The topological polar surface area (TPSA) is 65.5 Å². The molecule has 0 spiro atoms. The number of aromatic nitrogens is 1. The van der Waals surface area contributed by atoms with Gasteiger partial charge in [-0.3, -0.25) is 0 Å². The van der Waals surface area contributed by atoms with Crippen LogP contribution in [0.3, 0.4) is 0 Å². The maximum atomic E-state index is 12.2. The molecule has 5 nitrogen and oxygen atoms in total. The summed E-state index contributed by atoms with van der Waals surface area (Å²) in [4.78, 5) is 4.09. The van der Waals surface area contributed by atoms with Crippen LogP contribution in [0.5, 0.6) is 11.6 Å². The quantitative estimate of drug-likeness (QED) is 0.596. The van der Waals surface area contributed by atoms with Crippen LogP contribution in [-0.2, 0) is 10.1 Å². The van der Waals surface area contributed by atoms with Gasteiger partial charge in [-0.25, -0.2) is 4.98 Å². The first kappa shape index (κ1) is 14.4. The average Bonchev–Trinajstić information content (AvgIpc) is 3.13. The minimum Gasteiger partial charge on any atom is -0.481 e. The molecule has 0 saturated heterocycles. The second-order valence-corrected chi connectivity index (χ2v) is 6.92. The van der Waals surface area contributed by atoms with Gasteiger partial charge in [0.05, 0.1) is 12.8 Å². The molecule has 0 unspecified atom stereocenters. The van der Waals surface area contributed by atoms with Gasteiger partial charge in [0.15, 0.2) is 5.75 Å². The van der Waals surface area contributed by atoms with Gasteiger partial charge in [0.25, 0.3) is 0 Å². The largest absolute Gasteiger partial charge is 0.481 e. The summed E-state index contributed by atoms with van der Waals surface area (Å²) in [5, 5.41) is 0. The van der Waals surface area contributed by atoms with Crippen molar-refractivity contribution in [2.75, 3.05) is 13.0 Å². The highest BCUT2D eigenvalue weighted by Crippen LogP contribution is 2.47. The molecular formula is C12H16ClNO4S. The molecule has 0 atom stereocenters. The Morgan fingerprint density at radius 1 is 1.42 bits per heavy atom. The lowest BCUT2D eigenvalue weighted by Gasteiger charge is -2.16. The summed E-state index contributed by atoms with van der Waals surface area (Å²) in [7, 11) is -2.17. The van der Waals surface area contributed by atoms with E-state index in [-0.39, 0.29) is 5.75 Å². The number of ether oxygens (including phenoxy) is 1. The highest BCUT2D eigenvalue weighted by atomic mass is 35.5. The highest BCUT2D eigenvalue weighted by molar-refractivity contribution is 7.88. The highest BCUT2D eigenvalue weighted by Gasteiger charge is 2.55. The zero-order chi connectivity index (χ0) is 14.1. The van der Waals surface area contributed by atoms with Gasteiger partial charge >= 0.3 is 10.1 Å². The lowest BCUT2D eigenvalue weighted by atomic mass is 10.3. The Kier molecular flexibility index (Phi) is 3.92. The summed E-state index contributed by atoms with van der Waals surface area (Å²) in [6, 6.07) is 3.12. The second-order valence-electron chi connectivity index (χ2n) is 4.60. The van der Waals surface area contributed by atoms with E-state index in [0.29, 0.717) is 36.7 Å². The van der Waals surface area contributed by atoms with E-state index in [9.17, 15) is 8.42 Å². The summed E-state index contributed by atoms with van der Waals surface area (Å²) in [5.41, 5.74) is 0.476. The summed E-state index contributed by atoms with van der Waals surface area (Å²) in [6.07, 6.45) is 1.62. The van der Waals surface area contributed by atoms with Crippen LogP contribution in [0.2, 0.25) is 0 Å². The summed E-state index contributed by atoms with van der Waals surface area (Å²) >= 11 is 5.66. The lowest BCUT2D eigenvalue weighted by molar-refractivity contribution is 0.394. The number of aryl methyl sites for hydroxylation is 1. The molecule has 0 amide bonds. The number of halogens is 1. The average molecular weight is 306 g/mol. The first-order valence-electron chi connectivity index (χ1n) is 5.96. The van der Waals surface area contributed by atoms with Gasteiger partial charge in [-0.2, -0.15) is 8.42 Å². The van der Waals surface area contributed by atoms with E-state index < -0.39 is 14.9 Å². The SMILES string of the molecule is COc1ccc(OS(=O)(=O)C2(CCCl)CC2)c(C)n1. The fourth-order valence-electron chi connectivity index (χ4n) is 1.87.